The molecule has 0 saturated carbocycles. The highest BCUT2D eigenvalue weighted by atomic mass is 16.2. The monoisotopic (exact) mass is 263 g/mol. The molecule has 5 heteroatoms. The maximum absolute atomic E-state index is 12.6. The zero-order chi connectivity index (χ0) is 14.0. The average Bonchev–Trinajstić information content (AvgIpc) is 2.82. The Labute approximate surface area is 114 Å². The third-order valence-electron chi connectivity index (χ3n) is 4.61. The molecule has 0 aliphatic carbocycles. The van der Waals surface area contributed by atoms with Crippen LogP contribution in [0.1, 0.15) is 39.5 Å². The van der Waals surface area contributed by atoms with Crippen LogP contribution in [0, 0.1) is 16.7 Å². The Morgan fingerprint density at radius 1 is 1.42 bits per heavy atom. The first-order valence-electron chi connectivity index (χ1n) is 7.08. The minimum atomic E-state index is -0.884. The molecule has 2 saturated heterocycles. The Morgan fingerprint density at radius 2 is 2.11 bits per heavy atom. The van der Waals surface area contributed by atoms with Gasteiger partial charge in [0.25, 0.3) is 0 Å². The molecule has 2 fully saturated rings. The van der Waals surface area contributed by atoms with Crippen molar-refractivity contribution in [3.05, 3.63) is 0 Å². The van der Waals surface area contributed by atoms with E-state index in [4.69, 9.17) is 0 Å². The fraction of sp³-hybridized carbons (Fsp3) is 0.786. The molecule has 2 aliphatic rings. The average molecular weight is 263 g/mol. The molecule has 104 valence electrons. The van der Waals surface area contributed by atoms with Crippen LogP contribution in [0.15, 0.2) is 0 Å². The van der Waals surface area contributed by atoms with Crippen LogP contribution >= 0.6 is 0 Å². The number of carbonyl (C=O) groups is 2. The van der Waals surface area contributed by atoms with Gasteiger partial charge in [0.1, 0.15) is 5.41 Å². The Kier molecular flexibility index (Phi) is 3.79. The first kappa shape index (κ1) is 13.9. The lowest BCUT2D eigenvalue weighted by Crippen LogP contribution is -2.56. The number of nitriles is 1. The van der Waals surface area contributed by atoms with E-state index >= 15 is 0 Å². The molecule has 5 nitrogen and oxygen atoms in total. The predicted octanol–water partition coefficient (Wildman–Crippen LogP) is 1.15. The first-order valence-corrected chi connectivity index (χ1v) is 7.08. The zero-order valence-corrected chi connectivity index (χ0v) is 11.7. The quantitative estimate of drug-likeness (QED) is 0.767. The van der Waals surface area contributed by atoms with Crippen molar-refractivity contribution in [2.24, 2.45) is 5.41 Å². The van der Waals surface area contributed by atoms with E-state index in [0.717, 1.165) is 6.42 Å². The summed E-state index contributed by atoms with van der Waals surface area (Å²) in [7, 11) is 0. The predicted molar refractivity (Wildman–Crippen MR) is 69.9 cm³/mol. The van der Waals surface area contributed by atoms with Gasteiger partial charge in [-0.3, -0.25) is 9.59 Å². The third-order valence-corrected chi connectivity index (χ3v) is 4.61. The van der Waals surface area contributed by atoms with E-state index in [2.05, 4.69) is 6.07 Å². The minimum Gasteiger partial charge on any atom is -0.337 e. The van der Waals surface area contributed by atoms with Gasteiger partial charge in [0, 0.05) is 32.1 Å². The largest absolute Gasteiger partial charge is 0.337 e. The second-order valence-corrected chi connectivity index (χ2v) is 5.43. The molecule has 0 radical (unpaired) electrons. The van der Waals surface area contributed by atoms with E-state index in [1.807, 2.05) is 18.7 Å². The van der Waals surface area contributed by atoms with E-state index in [1.54, 1.807) is 4.90 Å². The number of hydrogen-bond donors (Lipinski definition) is 0. The first-order chi connectivity index (χ1) is 9.07. The molecule has 0 N–H and O–H groups in total. The molecule has 2 rings (SSSR count). The molecule has 0 aromatic carbocycles. The Balaban J connectivity index is 2.10. The topological polar surface area (TPSA) is 64.4 Å². The molecular formula is C14H21N3O2. The lowest BCUT2D eigenvalue weighted by molar-refractivity contribution is -0.145. The number of carbonyl (C=O) groups excluding carboxylic acids is 2. The van der Waals surface area contributed by atoms with E-state index in [1.165, 1.54) is 0 Å². The molecule has 0 bridgehead atoms. The van der Waals surface area contributed by atoms with Gasteiger partial charge in [-0.15, -0.1) is 0 Å². The van der Waals surface area contributed by atoms with Gasteiger partial charge < -0.3 is 9.80 Å². The summed E-state index contributed by atoms with van der Waals surface area (Å²) in [5.74, 6) is 0.147. The van der Waals surface area contributed by atoms with Crippen LogP contribution in [0.3, 0.4) is 0 Å². The highest BCUT2D eigenvalue weighted by Crippen LogP contribution is 2.31. The Bertz CT molecular complexity index is 423. The number of nitrogens with zero attached hydrogens (tertiary/aromatic N) is 3. The second kappa shape index (κ2) is 5.20. The molecule has 0 aromatic heterocycles. The van der Waals surface area contributed by atoms with Crippen molar-refractivity contribution in [3.63, 3.8) is 0 Å². The molecule has 0 spiro atoms. The SMILES string of the molecule is CCC(C#N)(CC)C(=O)N1CCN2C(=O)CCC2C1. The highest BCUT2D eigenvalue weighted by Gasteiger charge is 2.43. The molecule has 2 amide bonds. The van der Waals surface area contributed by atoms with E-state index < -0.39 is 5.41 Å². The summed E-state index contributed by atoms with van der Waals surface area (Å²) in [6.45, 7) is 5.54. The van der Waals surface area contributed by atoms with Gasteiger partial charge in [0.15, 0.2) is 0 Å². The number of rotatable bonds is 3. The summed E-state index contributed by atoms with van der Waals surface area (Å²) < 4.78 is 0. The maximum Gasteiger partial charge on any atom is 0.243 e. The van der Waals surface area contributed by atoms with Crippen molar-refractivity contribution < 1.29 is 9.59 Å². The van der Waals surface area contributed by atoms with Gasteiger partial charge in [-0.1, -0.05) is 13.8 Å². The summed E-state index contributed by atoms with van der Waals surface area (Å²) in [6.07, 6.45) is 2.52. The summed E-state index contributed by atoms with van der Waals surface area (Å²) in [5, 5.41) is 9.35. The van der Waals surface area contributed by atoms with Crippen LogP contribution in [0.25, 0.3) is 0 Å². The number of hydrogen-bond acceptors (Lipinski definition) is 3. The van der Waals surface area contributed by atoms with E-state index in [0.29, 0.717) is 38.9 Å². The highest BCUT2D eigenvalue weighted by molar-refractivity contribution is 5.86. The van der Waals surface area contributed by atoms with Crippen molar-refractivity contribution in [2.75, 3.05) is 19.6 Å². The summed E-state index contributed by atoms with van der Waals surface area (Å²) in [5.41, 5.74) is -0.884. The summed E-state index contributed by atoms with van der Waals surface area (Å²) in [4.78, 5) is 27.9. The molecule has 1 unspecified atom stereocenters. The summed E-state index contributed by atoms with van der Waals surface area (Å²) in [6, 6.07) is 2.37. The smallest absolute Gasteiger partial charge is 0.243 e. The third kappa shape index (κ3) is 2.20. The van der Waals surface area contributed by atoms with Crippen molar-refractivity contribution in [1.29, 1.82) is 5.26 Å². The van der Waals surface area contributed by atoms with Crippen molar-refractivity contribution >= 4 is 11.8 Å². The van der Waals surface area contributed by atoms with Crippen LogP contribution in [-0.2, 0) is 9.59 Å². The molecule has 2 aliphatic heterocycles. The maximum atomic E-state index is 12.6. The molecule has 1 atom stereocenters. The molecule has 19 heavy (non-hydrogen) atoms. The van der Waals surface area contributed by atoms with Gasteiger partial charge >= 0.3 is 0 Å². The fourth-order valence-electron chi connectivity index (χ4n) is 3.11. The van der Waals surface area contributed by atoms with Gasteiger partial charge in [-0.05, 0) is 19.3 Å². The Morgan fingerprint density at radius 3 is 2.68 bits per heavy atom. The van der Waals surface area contributed by atoms with Crippen molar-refractivity contribution in [1.82, 2.24) is 9.80 Å². The Hall–Kier alpha value is -1.57. The van der Waals surface area contributed by atoms with Gasteiger partial charge in [0.2, 0.25) is 11.8 Å². The lowest BCUT2D eigenvalue weighted by Gasteiger charge is -2.40. The van der Waals surface area contributed by atoms with E-state index in [-0.39, 0.29) is 17.9 Å². The minimum absolute atomic E-state index is 0.0565. The number of amides is 2. The van der Waals surface area contributed by atoms with Gasteiger partial charge in [0.05, 0.1) is 6.07 Å². The van der Waals surface area contributed by atoms with Crippen LogP contribution in [0.2, 0.25) is 0 Å². The molecular weight excluding hydrogens is 242 g/mol. The summed E-state index contributed by atoms with van der Waals surface area (Å²) >= 11 is 0. The van der Waals surface area contributed by atoms with Gasteiger partial charge in [-0.25, -0.2) is 0 Å². The standard InChI is InChI=1S/C14H21N3O2/c1-3-14(4-2,10-15)13(19)16-7-8-17-11(9-16)5-6-12(17)18/h11H,3-9H2,1-2H3. The van der Waals surface area contributed by atoms with Crippen LogP contribution in [0.5, 0.6) is 0 Å². The zero-order valence-electron chi connectivity index (χ0n) is 11.7. The molecule has 2 heterocycles. The van der Waals surface area contributed by atoms with E-state index in [9.17, 15) is 14.9 Å². The fourth-order valence-corrected chi connectivity index (χ4v) is 3.11. The number of fused-ring (bicyclic) bond motifs is 1. The number of piperazine rings is 1. The van der Waals surface area contributed by atoms with Gasteiger partial charge in [-0.2, -0.15) is 5.26 Å². The van der Waals surface area contributed by atoms with Crippen LogP contribution in [-0.4, -0.2) is 47.3 Å². The normalized spacial score (nSPS) is 23.2. The van der Waals surface area contributed by atoms with Crippen molar-refractivity contribution in [3.8, 4) is 6.07 Å². The van der Waals surface area contributed by atoms with Crippen LogP contribution < -0.4 is 0 Å². The van der Waals surface area contributed by atoms with Crippen molar-refractivity contribution in [2.45, 2.75) is 45.6 Å². The van der Waals surface area contributed by atoms with Crippen LogP contribution in [0.4, 0.5) is 0 Å². The lowest BCUT2D eigenvalue weighted by atomic mass is 9.82. The second-order valence-electron chi connectivity index (χ2n) is 5.43. The molecule has 0 aromatic rings.